The van der Waals surface area contributed by atoms with Gasteiger partial charge in [0, 0.05) is 6.54 Å². The number of ether oxygens (including phenoxy) is 1. The number of anilines is 1. The highest BCUT2D eigenvalue weighted by atomic mass is 16.6. The molecule has 2 aromatic carbocycles. The van der Waals surface area contributed by atoms with Gasteiger partial charge in [-0.1, -0.05) is 48.9 Å². The van der Waals surface area contributed by atoms with Gasteiger partial charge in [0.25, 0.3) is 0 Å². The van der Waals surface area contributed by atoms with Crippen molar-refractivity contribution in [2.45, 2.75) is 45.3 Å². The quantitative estimate of drug-likeness (QED) is 0.674. The Morgan fingerprint density at radius 3 is 2.72 bits per heavy atom. The molecular formula is C23H28N4O2. The summed E-state index contributed by atoms with van der Waals surface area (Å²) < 4.78 is 7.50. The highest BCUT2D eigenvalue weighted by Crippen LogP contribution is 2.25. The molecule has 2 heterocycles. The minimum atomic E-state index is -0.252. The fourth-order valence-corrected chi connectivity index (χ4v) is 3.94. The Morgan fingerprint density at radius 1 is 1.10 bits per heavy atom. The molecule has 1 aromatic heterocycles. The number of benzene rings is 2. The van der Waals surface area contributed by atoms with E-state index in [-0.39, 0.29) is 12.3 Å². The van der Waals surface area contributed by atoms with Gasteiger partial charge in [-0.05, 0) is 43.9 Å². The first-order chi connectivity index (χ1) is 14.3. The number of aromatic nitrogens is 2. The van der Waals surface area contributed by atoms with E-state index >= 15 is 0 Å². The molecule has 0 aliphatic carbocycles. The minimum Gasteiger partial charge on any atom is -0.450 e. The van der Waals surface area contributed by atoms with E-state index < -0.39 is 0 Å². The first-order valence-corrected chi connectivity index (χ1v) is 10.5. The lowest BCUT2D eigenvalue weighted by Gasteiger charge is -2.30. The molecule has 1 unspecified atom stereocenters. The molecule has 4 rings (SSSR count). The number of carbonyl (C=O) groups is 1. The Balaban J connectivity index is 1.67. The second kappa shape index (κ2) is 8.99. The van der Waals surface area contributed by atoms with Crippen LogP contribution in [0.5, 0.6) is 0 Å². The largest absolute Gasteiger partial charge is 0.450 e. The Morgan fingerprint density at radius 2 is 1.90 bits per heavy atom. The summed E-state index contributed by atoms with van der Waals surface area (Å²) in [7, 11) is 0. The van der Waals surface area contributed by atoms with Crippen molar-refractivity contribution >= 4 is 23.1 Å². The van der Waals surface area contributed by atoms with Crippen LogP contribution in [0.1, 0.15) is 38.2 Å². The van der Waals surface area contributed by atoms with Crippen LogP contribution in [0, 0.1) is 0 Å². The van der Waals surface area contributed by atoms with Crippen LogP contribution < -0.4 is 5.32 Å². The van der Waals surface area contributed by atoms with Gasteiger partial charge in [-0.2, -0.15) is 0 Å². The van der Waals surface area contributed by atoms with Gasteiger partial charge in [0.2, 0.25) is 5.95 Å². The maximum atomic E-state index is 12.5. The zero-order chi connectivity index (χ0) is 20.1. The number of imidazole rings is 1. The van der Waals surface area contributed by atoms with E-state index in [1.54, 1.807) is 0 Å². The van der Waals surface area contributed by atoms with Gasteiger partial charge in [-0.3, -0.25) is 4.90 Å². The van der Waals surface area contributed by atoms with Crippen LogP contribution in [0.3, 0.4) is 0 Å². The summed E-state index contributed by atoms with van der Waals surface area (Å²) in [5.74, 6) is 0.788. The van der Waals surface area contributed by atoms with Gasteiger partial charge in [0.1, 0.15) is 6.17 Å². The minimum absolute atomic E-state index is 0.122. The van der Waals surface area contributed by atoms with Gasteiger partial charge in [0.05, 0.1) is 24.2 Å². The molecule has 1 atom stereocenters. The van der Waals surface area contributed by atoms with Gasteiger partial charge in [-0.25, -0.2) is 9.78 Å². The molecule has 29 heavy (non-hydrogen) atoms. The zero-order valence-electron chi connectivity index (χ0n) is 16.9. The summed E-state index contributed by atoms with van der Waals surface area (Å²) in [5.41, 5.74) is 3.24. The van der Waals surface area contributed by atoms with Crippen molar-refractivity contribution in [2.24, 2.45) is 0 Å². The molecule has 0 spiro atoms. The molecule has 1 aliphatic rings. The average molecular weight is 393 g/mol. The Kier molecular flexibility index (Phi) is 5.98. The van der Waals surface area contributed by atoms with Crippen LogP contribution in [-0.2, 0) is 11.3 Å². The fraction of sp³-hybridized carbons (Fsp3) is 0.391. The van der Waals surface area contributed by atoms with Crippen LogP contribution in [0.4, 0.5) is 10.7 Å². The highest BCUT2D eigenvalue weighted by molar-refractivity contribution is 5.79. The number of fused-ring (bicyclic) bond motifs is 1. The van der Waals surface area contributed by atoms with Crippen LogP contribution in [0.2, 0.25) is 0 Å². The third-order valence-corrected chi connectivity index (χ3v) is 5.39. The number of carbonyl (C=O) groups excluding carboxylic acids is 1. The van der Waals surface area contributed by atoms with E-state index in [1.807, 2.05) is 36.1 Å². The van der Waals surface area contributed by atoms with Crippen molar-refractivity contribution in [1.29, 1.82) is 0 Å². The summed E-state index contributed by atoms with van der Waals surface area (Å²) in [5, 5.41) is 3.57. The summed E-state index contributed by atoms with van der Waals surface area (Å²) in [6, 6.07) is 18.5. The molecule has 152 valence electrons. The molecule has 0 saturated carbocycles. The molecule has 0 bridgehead atoms. The van der Waals surface area contributed by atoms with Crippen LogP contribution >= 0.6 is 0 Å². The first-order valence-electron chi connectivity index (χ1n) is 10.5. The SMILES string of the molecule is CCOC(=O)N1CCCCCC1Nc1nc2ccccc2n1Cc1ccccc1. The zero-order valence-corrected chi connectivity index (χ0v) is 16.9. The van der Waals surface area contributed by atoms with E-state index in [1.165, 1.54) is 5.56 Å². The molecule has 1 amide bonds. The maximum absolute atomic E-state index is 12.5. The summed E-state index contributed by atoms with van der Waals surface area (Å²) in [6.45, 7) is 3.65. The number of nitrogens with one attached hydrogen (secondary N) is 1. The smallest absolute Gasteiger partial charge is 0.411 e. The monoisotopic (exact) mass is 392 g/mol. The standard InChI is InChI=1S/C23H28N4O2/c1-2-29-23(28)26-16-10-4-7-15-21(26)25-22-24-19-13-8-9-14-20(19)27(22)17-18-11-5-3-6-12-18/h3,5-6,8-9,11-14,21H,2,4,7,10,15-17H2,1H3,(H,24,25). The molecule has 1 saturated heterocycles. The molecule has 6 heteroatoms. The van der Waals surface area contributed by atoms with E-state index in [0.29, 0.717) is 13.2 Å². The average Bonchev–Trinajstić information content (AvgIpc) is 2.91. The lowest BCUT2D eigenvalue weighted by molar-refractivity contribution is 0.0956. The number of para-hydroxylation sites is 2. The number of likely N-dealkylation sites (tertiary alicyclic amines) is 1. The molecule has 0 radical (unpaired) electrons. The summed E-state index contributed by atoms with van der Waals surface area (Å²) >= 11 is 0. The Bertz CT molecular complexity index is 954. The van der Waals surface area contributed by atoms with Gasteiger partial charge < -0.3 is 14.6 Å². The third-order valence-electron chi connectivity index (χ3n) is 5.39. The number of rotatable bonds is 5. The predicted octanol–water partition coefficient (Wildman–Crippen LogP) is 4.86. The van der Waals surface area contributed by atoms with Crippen LogP contribution in [0.25, 0.3) is 11.0 Å². The molecule has 6 nitrogen and oxygen atoms in total. The van der Waals surface area contributed by atoms with Crippen molar-refractivity contribution in [2.75, 3.05) is 18.5 Å². The molecule has 1 aliphatic heterocycles. The van der Waals surface area contributed by atoms with Crippen molar-refractivity contribution in [3.8, 4) is 0 Å². The molecule has 1 fully saturated rings. The molecule has 1 N–H and O–H groups in total. The molecular weight excluding hydrogens is 364 g/mol. The van der Waals surface area contributed by atoms with E-state index in [4.69, 9.17) is 9.72 Å². The lowest BCUT2D eigenvalue weighted by Crippen LogP contribution is -2.45. The second-order valence-electron chi connectivity index (χ2n) is 7.40. The first kappa shape index (κ1) is 19.3. The second-order valence-corrected chi connectivity index (χ2v) is 7.40. The Hall–Kier alpha value is -3.02. The number of hydrogen-bond donors (Lipinski definition) is 1. The summed E-state index contributed by atoms with van der Waals surface area (Å²) in [6.07, 6.45) is 3.70. The number of amides is 1. The highest BCUT2D eigenvalue weighted by Gasteiger charge is 2.28. The maximum Gasteiger partial charge on any atom is 0.411 e. The molecule has 3 aromatic rings. The van der Waals surface area contributed by atoms with E-state index in [0.717, 1.165) is 49.2 Å². The van der Waals surface area contributed by atoms with Crippen LogP contribution in [-0.4, -0.2) is 39.9 Å². The van der Waals surface area contributed by atoms with E-state index in [2.05, 4.69) is 40.2 Å². The topological polar surface area (TPSA) is 59.4 Å². The van der Waals surface area contributed by atoms with Crippen LogP contribution in [0.15, 0.2) is 54.6 Å². The third kappa shape index (κ3) is 4.36. The number of hydrogen-bond acceptors (Lipinski definition) is 4. The number of nitrogens with zero attached hydrogens (tertiary/aromatic N) is 3. The normalized spacial score (nSPS) is 17.1. The van der Waals surface area contributed by atoms with Crippen molar-refractivity contribution < 1.29 is 9.53 Å². The van der Waals surface area contributed by atoms with Gasteiger partial charge in [0.15, 0.2) is 0 Å². The van der Waals surface area contributed by atoms with Crippen molar-refractivity contribution in [3.63, 3.8) is 0 Å². The van der Waals surface area contributed by atoms with Gasteiger partial charge in [-0.15, -0.1) is 0 Å². The summed E-state index contributed by atoms with van der Waals surface area (Å²) in [4.78, 5) is 19.2. The predicted molar refractivity (Wildman–Crippen MR) is 115 cm³/mol. The van der Waals surface area contributed by atoms with Gasteiger partial charge >= 0.3 is 6.09 Å². The van der Waals surface area contributed by atoms with Crippen molar-refractivity contribution in [1.82, 2.24) is 14.5 Å². The van der Waals surface area contributed by atoms with Crippen molar-refractivity contribution in [3.05, 3.63) is 60.2 Å². The van der Waals surface area contributed by atoms with E-state index in [9.17, 15) is 4.79 Å². The lowest BCUT2D eigenvalue weighted by atomic mass is 10.2. The Labute approximate surface area is 171 Å². The fourth-order valence-electron chi connectivity index (χ4n) is 3.94.